The molecule has 7 nitrogen and oxygen atoms in total. The van der Waals surface area contributed by atoms with Gasteiger partial charge in [0.1, 0.15) is 18.2 Å². The minimum atomic E-state index is -0.660. The van der Waals surface area contributed by atoms with Crippen LogP contribution in [0, 0.1) is 0 Å². The first-order valence-electron chi connectivity index (χ1n) is 12.8. The maximum Gasteiger partial charge on any atom is 0.326 e. The van der Waals surface area contributed by atoms with Crippen molar-refractivity contribution in [2.24, 2.45) is 0 Å². The van der Waals surface area contributed by atoms with E-state index in [4.69, 9.17) is 9.47 Å². The van der Waals surface area contributed by atoms with Crippen molar-refractivity contribution in [1.29, 1.82) is 0 Å². The van der Waals surface area contributed by atoms with Gasteiger partial charge in [-0.1, -0.05) is 60.7 Å². The number of carbonyl (C=O) groups is 3. The molecular formula is C29H38N2O5S. The van der Waals surface area contributed by atoms with Crippen LogP contribution in [0.25, 0.3) is 0 Å². The van der Waals surface area contributed by atoms with E-state index in [1.165, 1.54) is 0 Å². The van der Waals surface area contributed by atoms with Crippen LogP contribution < -0.4 is 5.32 Å². The van der Waals surface area contributed by atoms with Gasteiger partial charge in [-0.3, -0.25) is 19.7 Å². The molecule has 2 unspecified atom stereocenters. The zero-order valence-corrected chi connectivity index (χ0v) is 23.0. The van der Waals surface area contributed by atoms with E-state index in [1.54, 1.807) is 44.4 Å². The summed E-state index contributed by atoms with van der Waals surface area (Å²) in [6.45, 7) is 7.28. The van der Waals surface area contributed by atoms with E-state index in [0.29, 0.717) is 24.3 Å². The lowest BCUT2D eigenvalue weighted by atomic mass is 10.0. The smallest absolute Gasteiger partial charge is 0.326 e. The van der Waals surface area contributed by atoms with E-state index in [0.717, 1.165) is 11.1 Å². The largest absolute Gasteiger partial charge is 0.465 e. The lowest BCUT2D eigenvalue weighted by Crippen LogP contribution is -2.54. The number of esters is 2. The second-order valence-corrected chi connectivity index (χ2v) is 11.1. The molecule has 2 aromatic carbocycles. The molecule has 3 atom stereocenters. The summed E-state index contributed by atoms with van der Waals surface area (Å²) in [6.07, 6.45) is 1.16. The number of thioether (sulfide) groups is 1. The molecule has 1 amide bonds. The van der Waals surface area contributed by atoms with Crippen LogP contribution in [0.1, 0.15) is 51.3 Å². The zero-order chi connectivity index (χ0) is 26.8. The second-order valence-electron chi connectivity index (χ2n) is 10.1. The topological polar surface area (TPSA) is 84.9 Å². The molecule has 1 N–H and O–H groups in total. The third-order valence-corrected chi connectivity index (χ3v) is 7.08. The van der Waals surface area contributed by atoms with Gasteiger partial charge in [-0.2, -0.15) is 11.8 Å². The first kappa shape index (κ1) is 28.7. The lowest BCUT2D eigenvalue weighted by molar-refractivity contribution is -0.160. The number of nitrogens with zero attached hydrogens (tertiary/aromatic N) is 1. The molecule has 0 saturated carbocycles. The van der Waals surface area contributed by atoms with Gasteiger partial charge in [0.15, 0.2) is 0 Å². The summed E-state index contributed by atoms with van der Waals surface area (Å²) < 4.78 is 10.9. The van der Waals surface area contributed by atoms with Crippen LogP contribution in [-0.2, 0) is 30.3 Å². The van der Waals surface area contributed by atoms with Crippen molar-refractivity contribution >= 4 is 29.6 Å². The summed E-state index contributed by atoms with van der Waals surface area (Å²) in [4.78, 5) is 41.2. The van der Waals surface area contributed by atoms with Gasteiger partial charge >= 0.3 is 11.9 Å². The number of carbonyl (C=O) groups excluding carboxylic acids is 3. The highest BCUT2D eigenvalue weighted by Crippen LogP contribution is 2.30. The van der Waals surface area contributed by atoms with Crippen molar-refractivity contribution in [3.05, 3.63) is 71.8 Å². The molecule has 1 fully saturated rings. The molecule has 0 bridgehead atoms. The van der Waals surface area contributed by atoms with E-state index in [1.807, 2.05) is 60.7 Å². The Morgan fingerprint density at radius 3 is 2.32 bits per heavy atom. The number of amides is 1. The van der Waals surface area contributed by atoms with Crippen molar-refractivity contribution < 1.29 is 23.9 Å². The van der Waals surface area contributed by atoms with Crippen molar-refractivity contribution in [2.75, 3.05) is 24.7 Å². The summed E-state index contributed by atoms with van der Waals surface area (Å²) in [6, 6.07) is 18.0. The van der Waals surface area contributed by atoms with E-state index in [2.05, 4.69) is 5.32 Å². The van der Waals surface area contributed by atoms with Gasteiger partial charge in [0, 0.05) is 11.5 Å². The summed E-state index contributed by atoms with van der Waals surface area (Å²) in [5.41, 5.74) is 1.40. The Labute approximate surface area is 224 Å². The summed E-state index contributed by atoms with van der Waals surface area (Å²) in [7, 11) is 0. The van der Waals surface area contributed by atoms with Gasteiger partial charge in [-0.15, -0.1) is 0 Å². The maximum absolute atomic E-state index is 13.9. The van der Waals surface area contributed by atoms with E-state index < -0.39 is 23.7 Å². The number of nitrogens with one attached hydrogen (secondary N) is 1. The fourth-order valence-corrected chi connectivity index (χ4v) is 5.50. The van der Waals surface area contributed by atoms with E-state index >= 15 is 0 Å². The Balaban J connectivity index is 1.82. The van der Waals surface area contributed by atoms with Gasteiger partial charge in [0.2, 0.25) is 5.91 Å². The Bertz CT molecular complexity index is 1030. The Hall–Kier alpha value is -2.84. The number of ether oxygens (including phenoxy) is 2. The third-order valence-electron chi connectivity index (χ3n) is 5.96. The van der Waals surface area contributed by atoms with Crippen LogP contribution in [0.4, 0.5) is 0 Å². The Morgan fingerprint density at radius 2 is 1.70 bits per heavy atom. The Morgan fingerprint density at radius 1 is 1.05 bits per heavy atom. The quantitative estimate of drug-likeness (QED) is 0.465. The SMILES string of the molecule is CCOC(=O)[C@@H](CCc1ccccc1)NC1CSCC(c2ccccc2)N(CC(=O)OC(C)(C)C)C1=O. The van der Waals surface area contributed by atoms with Crippen molar-refractivity contribution in [1.82, 2.24) is 10.2 Å². The summed E-state index contributed by atoms with van der Waals surface area (Å²) in [5, 5.41) is 3.29. The average molecular weight is 527 g/mol. The van der Waals surface area contributed by atoms with Crippen LogP contribution in [0.15, 0.2) is 60.7 Å². The Kier molecular flexibility index (Phi) is 10.6. The van der Waals surface area contributed by atoms with Gasteiger partial charge in [-0.25, -0.2) is 0 Å². The molecule has 37 heavy (non-hydrogen) atoms. The van der Waals surface area contributed by atoms with Crippen LogP contribution >= 0.6 is 11.8 Å². The molecule has 2 aromatic rings. The molecule has 8 heteroatoms. The maximum atomic E-state index is 13.9. The fourth-order valence-electron chi connectivity index (χ4n) is 4.29. The average Bonchev–Trinajstić information content (AvgIpc) is 3.00. The molecule has 1 aliphatic heterocycles. The zero-order valence-electron chi connectivity index (χ0n) is 22.1. The molecule has 1 aliphatic rings. The van der Waals surface area contributed by atoms with Gasteiger partial charge in [0.05, 0.1) is 18.7 Å². The van der Waals surface area contributed by atoms with Crippen molar-refractivity contribution in [3.63, 3.8) is 0 Å². The minimum Gasteiger partial charge on any atom is -0.465 e. The highest BCUT2D eigenvalue weighted by molar-refractivity contribution is 7.99. The van der Waals surface area contributed by atoms with Crippen LogP contribution in [0.2, 0.25) is 0 Å². The van der Waals surface area contributed by atoms with Crippen LogP contribution in [-0.4, -0.2) is 65.1 Å². The van der Waals surface area contributed by atoms with E-state index in [-0.39, 0.29) is 31.1 Å². The predicted molar refractivity (Wildman–Crippen MR) is 146 cm³/mol. The van der Waals surface area contributed by atoms with Gasteiger partial charge < -0.3 is 14.4 Å². The standard InChI is InChI=1S/C29H38N2O5S/c1-5-35-28(34)23(17-16-21-12-8-6-9-13-21)30-24-19-37-20-25(22-14-10-7-11-15-22)31(27(24)33)18-26(32)36-29(2,3)4/h6-15,23-25,30H,5,16-20H2,1-4H3/t23-,24?,25?/m1/s1. The minimum absolute atomic E-state index is 0.164. The molecule has 0 spiro atoms. The molecule has 1 saturated heterocycles. The molecule has 0 radical (unpaired) electrons. The number of hydrogen-bond acceptors (Lipinski definition) is 7. The predicted octanol–water partition coefficient (Wildman–Crippen LogP) is 4.17. The lowest BCUT2D eigenvalue weighted by Gasteiger charge is -2.33. The number of rotatable bonds is 10. The number of benzene rings is 2. The van der Waals surface area contributed by atoms with Gasteiger partial charge in [0.25, 0.3) is 0 Å². The first-order valence-corrected chi connectivity index (χ1v) is 13.9. The first-order chi connectivity index (χ1) is 17.7. The van der Waals surface area contributed by atoms with Crippen LogP contribution in [0.5, 0.6) is 0 Å². The monoisotopic (exact) mass is 526 g/mol. The van der Waals surface area contributed by atoms with Crippen molar-refractivity contribution in [2.45, 2.75) is 64.3 Å². The number of hydrogen-bond donors (Lipinski definition) is 1. The van der Waals surface area contributed by atoms with Crippen molar-refractivity contribution in [3.8, 4) is 0 Å². The molecular weight excluding hydrogens is 488 g/mol. The third kappa shape index (κ3) is 8.90. The molecule has 1 heterocycles. The van der Waals surface area contributed by atoms with Gasteiger partial charge in [-0.05, 0) is 51.7 Å². The molecule has 0 aliphatic carbocycles. The molecule has 0 aromatic heterocycles. The summed E-state index contributed by atoms with van der Waals surface area (Å²) >= 11 is 1.63. The molecule has 3 rings (SSSR count). The summed E-state index contributed by atoms with van der Waals surface area (Å²) in [5.74, 6) is 0.0509. The molecule has 200 valence electrons. The second kappa shape index (κ2) is 13.6. The normalized spacial score (nSPS) is 19.1. The fraction of sp³-hybridized carbons (Fsp3) is 0.483. The highest BCUT2D eigenvalue weighted by atomic mass is 32.2. The van der Waals surface area contributed by atoms with Crippen LogP contribution in [0.3, 0.4) is 0 Å². The number of aryl methyl sites for hydroxylation is 1. The van der Waals surface area contributed by atoms with E-state index in [9.17, 15) is 14.4 Å². The highest BCUT2D eigenvalue weighted by Gasteiger charge is 2.38.